The molecule has 3 unspecified atom stereocenters. The second kappa shape index (κ2) is 6.34. The minimum Gasteiger partial charge on any atom is -0.763 e. The van der Waals surface area contributed by atoms with Crippen molar-refractivity contribution in [2.45, 2.75) is 12.0 Å². The van der Waals surface area contributed by atoms with Crippen LogP contribution in [0.25, 0.3) is 5.41 Å². The van der Waals surface area contributed by atoms with E-state index < -0.39 is 17.9 Å². The van der Waals surface area contributed by atoms with Crippen LogP contribution in [0.3, 0.4) is 0 Å². The van der Waals surface area contributed by atoms with Crippen LogP contribution in [0.1, 0.15) is 11.5 Å². The summed E-state index contributed by atoms with van der Waals surface area (Å²) in [5, 5.41) is 12.3. The third-order valence-electron chi connectivity index (χ3n) is 4.07. The summed E-state index contributed by atoms with van der Waals surface area (Å²) in [6, 6.07) is 6.32. The predicted molar refractivity (Wildman–Crippen MR) is 87.1 cm³/mol. The van der Waals surface area contributed by atoms with Crippen molar-refractivity contribution < 1.29 is 14.5 Å². The normalized spacial score (nSPS) is 26.8. The van der Waals surface area contributed by atoms with Gasteiger partial charge in [-0.3, -0.25) is 25.7 Å². The molecule has 23 heavy (non-hydrogen) atoms. The van der Waals surface area contributed by atoms with Crippen molar-refractivity contribution in [2.75, 3.05) is 6.54 Å². The Morgan fingerprint density at radius 3 is 2.57 bits per heavy atom. The number of benzene rings is 1. The number of hydrogen-bond acceptors (Lipinski definition) is 2. The fraction of sp³-hybridized carbons (Fsp3) is 0.176. The number of quaternary nitrogens is 1. The van der Waals surface area contributed by atoms with Gasteiger partial charge in [0.05, 0.1) is 12.1 Å². The Kier molecular flexibility index (Phi) is 4.26. The Morgan fingerprint density at radius 1 is 1.22 bits per heavy atom. The molecule has 0 aliphatic carbocycles. The van der Waals surface area contributed by atoms with Crippen LogP contribution in [0, 0.1) is 0 Å². The molecule has 0 saturated carbocycles. The van der Waals surface area contributed by atoms with Crippen LogP contribution in [0.5, 0.6) is 0 Å². The minimum atomic E-state index is -0.621. The number of piperidine rings is 1. The zero-order valence-electron chi connectivity index (χ0n) is 12.1. The molecule has 0 bridgehead atoms. The van der Waals surface area contributed by atoms with Gasteiger partial charge in [0.15, 0.2) is 6.04 Å². The van der Waals surface area contributed by atoms with Gasteiger partial charge in [-0.2, -0.15) is 0 Å². The summed E-state index contributed by atoms with van der Waals surface area (Å²) in [5.41, 5.74) is 0.780. The lowest BCUT2D eigenvalue weighted by Crippen LogP contribution is -3.14. The van der Waals surface area contributed by atoms with Gasteiger partial charge in [0.1, 0.15) is 6.54 Å². The Morgan fingerprint density at radius 2 is 1.96 bits per heavy atom. The summed E-state index contributed by atoms with van der Waals surface area (Å²) in [4.78, 5) is 25.4. The van der Waals surface area contributed by atoms with Gasteiger partial charge < -0.3 is 5.41 Å². The summed E-state index contributed by atoms with van der Waals surface area (Å²) in [5.74, 6) is 0.385. The van der Waals surface area contributed by atoms with Crippen molar-refractivity contribution in [3.8, 4) is 0 Å². The number of amides is 2. The largest absolute Gasteiger partial charge is 0.763 e. The summed E-state index contributed by atoms with van der Waals surface area (Å²) < 4.78 is 0. The van der Waals surface area contributed by atoms with Crippen molar-refractivity contribution in [1.29, 1.82) is 0 Å². The van der Waals surface area contributed by atoms with Gasteiger partial charge in [-0.1, -0.05) is 29.8 Å². The summed E-state index contributed by atoms with van der Waals surface area (Å²) >= 11 is 5.92. The Balaban J connectivity index is 2.09. The van der Waals surface area contributed by atoms with Gasteiger partial charge in [-0.25, -0.2) is 0 Å². The van der Waals surface area contributed by atoms with Crippen LogP contribution < -0.4 is 10.2 Å². The van der Waals surface area contributed by atoms with Crippen LogP contribution in [0.2, 0.25) is 5.02 Å². The van der Waals surface area contributed by atoms with E-state index in [0.717, 1.165) is 10.5 Å². The number of carbonyl (C=O) groups excluding carboxylic acids is 2. The molecule has 2 aliphatic heterocycles. The SMILES string of the molecule is [N-]=C=C1C(=O)NC(=O)C([NH+]2C=CC=CC2)C1c1ccc(Cl)cc1. The fourth-order valence-electron chi connectivity index (χ4n) is 3.01. The van der Waals surface area contributed by atoms with E-state index in [-0.39, 0.29) is 11.5 Å². The van der Waals surface area contributed by atoms with Gasteiger partial charge in [0.25, 0.3) is 11.8 Å². The van der Waals surface area contributed by atoms with Crippen LogP contribution in [0.4, 0.5) is 0 Å². The zero-order valence-corrected chi connectivity index (χ0v) is 12.9. The maximum Gasteiger partial charge on any atom is 0.286 e. The van der Waals surface area contributed by atoms with Crippen molar-refractivity contribution in [3.63, 3.8) is 0 Å². The lowest BCUT2D eigenvalue weighted by molar-refractivity contribution is -0.860. The average Bonchev–Trinajstić information content (AvgIpc) is 2.56. The molecule has 1 saturated heterocycles. The highest BCUT2D eigenvalue weighted by atomic mass is 35.5. The van der Waals surface area contributed by atoms with Gasteiger partial charge >= 0.3 is 0 Å². The van der Waals surface area contributed by atoms with Gasteiger partial charge in [0, 0.05) is 10.6 Å². The Labute approximate surface area is 138 Å². The molecule has 6 heteroatoms. The smallest absolute Gasteiger partial charge is 0.286 e. The summed E-state index contributed by atoms with van der Waals surface area (Å²) in [6.07, 6.45) is 7.58. The third kappa shape index (κ3) is 2.90. The average molecular weight is 328 g/mol. The molecule has 5 nitrogen and oxygen atoms in total. The highest BCUT2D eigenvalue weighted by Gasteiger charge is 2.46. The topological polar surface area (TPSA) is 72.9 Å². The number of imide groups is 1. The molecule has 2 heterocycles. The van der Waals surface area contributed by atoms with Gasteiger partial charge in [-0.05, 0) is 29.8 Å². The second-order valence-corrected chi connectivity index (χ2v) is 5.85. The molecule has 1 aromatic rings. The molecular weight excluding hydrogens is 314 g/mol. The van der Waals surface area contributed by atoms with Gasteiger partial charge in [-0.15, -0.1) is 0 Å². The lowest BCUT2D eigenvalue weighted by atomic mass is 9.81. The number of allylic oxidation sites excluding steroid dienone is 2. The molecule has 0 aromatic heterocycles. The first-order chi connectivity index (χ1) is 11.1. The molecule has 1 fully saturated rings. The third-order valence-corrected chi connectivity index (χ3v) is 4.32. The number of halogens is 1. The van der Waals surface area contributed by atoms with E-state index in [4.69, 9.17) is 11.6 Å². The Bertz CT molecular complexity index is 761. The van der Waals surface area contributed by atoms with Crippen molar-refractivity contribution in [1.82, 2.24) is 5.32 Å². The van der Waals surface area contributed by atoms with Crippen molar-refractivity contribution in [3.05, 3.63) is 70.3 Å². The number of nitrogens with zero attached hydrogens (tertiary/aromatic N) is 1. The minimum absolute atomic E-state index is 0.0485. The van der Waals surface area contributed by atoms with E-state index in [1.54, 1.807) is 24.3 Å². The second-order valence-electron chi connectivity index (χ2n) is 5.42. The van der Waals surface area contributed by atoms with Crippen LogP contribution >= 0.6 is 11.6 Å². The molecule has 0 radical (unpaired) electrons. The molecule has 1 aromatic carbocycles. The molecular formula is C17H14ClN3O2. The standard InChI is InChI=1S/C17H13ClN3O2/c18-12-6-4-11(5-7-12)14-13(10-19)16(22)20-17(23)15(14)21-8-2-1-3-9-21/h1-8,14-15H,9H2,(H,20,22,23)/q-1/p+1. The fourth-order valence-corrected chi connectivity index (χ4v) is 3.13. The van der Waals surface area contributed by atoms with Crippen LogP contribution in [0.15, 0.2) is 54.3 Å². The summed E-state index contributed by atoms with van der Waals surface area (Å²) in [6.45, 7) is 0.617. The first-order valence-corrected chi connectivity index (χ1v) is 7.56. The highest BCUT2D eigenvalue weighted by Crippen LogP contribution is 2.29. The molecule has 2 N–H and O–H groups in total. The number of carbonyl (C=O) groups is 2. The zero-order chi connectivity index (χ0) is 16.4. The highest BCUT2D eigenvalue weighted by molar-refractivity contribution is 6.30. The predicted octanol–water partition coefficient (Wildman–Crippen LogP) is 0.583. The lowest BCUT2D eigenvalue weighted by Gasteiger charge is -2.35. The van der Waals surface area contributed by atoms with E-state index in [2.05, 4.69) is 5.32 Å². The van der Waals surface area contributed by atoms with Crippen molar-refractivity contribution >= 4 is 29.3 Å². The van der Waals surface area contributed by atoms with E-state index in [1.165, 1.54) is 0 Å². The molecule has 0 spiro atoms. The number of hydrogen-bond donors (Lipinski definition) is 2. The van der Waals surface area contributed by atoms with Gasteiger partial charge in [0.2, 0.25) is 0 Å². The first-order valence-electron chi connectivity index (χ1n) is 7.18. The van der Waals surface area contributed by atoms with E-state index in [9.17, 15) is 15.0 Å². The molecule has 3 atom stereocenters. The Hall–Kier alpha value is -2.46. The maximum atomic E-state index is 12.5. The van der Waals surface area contributed by atoms with E-state index in [0.29, 0.717) is 11.6 Å². The van der Waals surface area contributed by atoms with Crippen molar-refractivity contribution in [2.24, 2.45) is 0 Å². The monoisotopic (exact) mass is 327 g/mol. The van der Waals surface area contributed by atoms with E-state index >= 15 is 0 Å². The quantitative estimate of drug-likeness (QED) is 0.474. The van der Waals surface area contributed by atoms with Crippen LogP contribution in [-0.2, 0) is 9.59 Å². The molecule has 2 amide bonds. The van der Waals surface area contributed by atoms with E-state index in [1.807, 2.05) is 30.3 Å². The molecule has 3 rings (SSSR count). The summed E-state index contributed by atoms with van der Waals surface area (Å²) in [7, 11) is 0. The number of rotatable bonds is 2. The molecule has 2 aliphatic rings. The van der Waals surface area contributed by atoms with Crippen LogP contribution in [-0.4, -0.2) is 30.3 Å². The maximum absolute atomic E-state index is 12.5. The molecule has 116 valence electrons. The number of nitrogens with one attached hydrogen (secondary N) is 2. The first kappa shape index (κ1) is 15.4.